The van der Waals surface area contributed by atoms with Crippen LogP contribution in [0.2, 0.25) is 5.02 Å². The van der Waals surface area contributed by atoms with E-state index >= 15 is 0 Å². The number of halogens is 6. The van der Waals surface area contributed by atoms with Crippen molar-refractivity contribution in [1.29, 1.82) is 0 Å². The van der Waals surface area contributed by atoms with Crippen molar-refractivity contribution < 1.29 is 45.8 Å². The molecule has 0 spiro atoms. The smallest absolute Gasteiger partial charge is 0.491 e. The van der Waals surface area contributed by atoms with Crippen LogP contribution in [0.1, 0.15) is 25.8 Å². The van der Waals surface area contributed by atoms with Crippen LogP contribution in [0.25, 0.3) is 22.4 Å². The van der Waals surface area contributed by atoms with E-state index in [-0.39, 0.29) is 66.5 Å². The lowest BCUT2D eigenvalue weighted by molar-refractivity contribution is -0.202. The number of benzene rings is 2. The van der Waals surface area contributed by atoms with Crippen molar-refractivity contribution in [2.24, 2.45) is 0 Å². The number of rotatable bonds is 14. The van der Waals surface area contributed by atoms with Crippen LogP contribution < -0.4 is 20.1 Å². The summed E-state index contributed by atoms with van der Waals surface area (Å²) in [5, 5.41) is 11.2. The van der Waals surface area contributed by atoms with Gasteiger partial charge in [-0.05, 0) is 38.9 Å². The van der Waals surface area contributed by atoms with Gasteiger partial charge in [-0.3, -0.25) is 9.67 Å². The molecule has 0 aliphatic heterocycles. The van der Waals surface area contributed by atoms with E-state index in [0.717, 1.165) is 12.1 Å². The fourth-order valence-electron chi connectivity index (χ4n) is 4.72. The van der Waals surface area contributed by atoms with Crippen LogP contribution in [-0.2, 0) is 20.9 Å². The number of esters is 2. The second-order valence-electron chi connectivity index (χ2n) is 10.8. The Bertz CT molecular complexity index is 2020. The second-order valence-corrected chi connectivity index (χ2v) is 11.2. The van der Waals surface area contributed by atoms with E-state index in [9.17, 15) is 31.5 Å². The Morgan fingerprint density at radius 1 is 1.06 bits per heavy atom. The molecule has 0 radical (unpaired) electrons. The zero-order chi connectivity index (χ0) is 36.7. The first-order chi connectivity index (χ1) is 24.3. The number of para-hydroxylation sites is 1. The van der Waals surface area contributed by atoms with Crippen LogP contribution in [0.5, 0.6) is 11.5 Å². The number of nitrogens with zero attached hydrogens (tertiary/aromatic N) is 5. The average molecular weight is 734 g/mol. The lowest BCUT2D eigenvalue weighted by Gasteiger charge is -2.15. The normalized spacial score (nSPS) is 12.1. The minimum absolute atomic E-state index is 0.0362. The molecule has 0 aliphatic carbocycles. The maximum absolute atomic E-state index is 15.0. The summed E-state index contributed by atoms with van der Waals surface area (Å²) in [6.07, 6.45) is -0.729. The fraction of sp³-hybridized carbons (Fsp3) is 0.273. The molecule has 2 aromatic carbocycles. The van der Waals surface area contributed by atoms with Gasteiger partial charge in [-0.15, -0.1) is 0 Å². The van der Waals surface area contributed by atoms with Gasteiger partial charge in [0.15, 0.2) is 17.4 Å². The Labute approximate surface area is 291 Å². The number of nitrogens with one attached hydrogen (secondary N) is 2. The molecule has 0 amide bonds. The first-order valence-electron chi connectivity index (χ1n) is 15.3. The van der Waals surface area contributed by atoms with Crippen molar-refractivity contribution in [3.8, 4) is 23.0 Å². The maximum atomic E-state index is 15.0. The highest BCUT2D eigenvalue weighted by atomic mass is 35.5. The SMILES string of the molecule is CCOc1cc(F)c(Cn2nc(-c3ncc(OCCCN[C@@H](C)C(=O)OC(=O)C(F)(F)F)c(Nc4ccncc4Cl)n3)c3ccccc32)c(F)c1. The van der Waals surface area contributed by atoms with Gasteiger partial charge in [-0.2, -0.15) is 18.3 Å². The van der Waals surface area contributed by atoms with E-state index in [1.54, 1.807) is 37.3 Å². The van der Waals surface area contributed by atoms with E-state index in [1.165, 1.54) is 30.2 Å². The van der Waals surface area contributed by atoms with Crippen molar-refractivity contribution >= 4 is 45.9 Å². The molecular formula is C33H29ClF5N7O5. The number of carbonyl (C=O) groups excluding carboxylic acids is 2. The molecule has 12 nitrogen and oxygen atoms in total. The standard InChI is InChI=1S/C33H29ClF5N7O5/c1-3-49-19-13-23(35)21(24(36)14-19)17-46-26-8-5-4-7-20(26)28(45-46)30-42-16-27(29(44-30)43-25-9-11-40-15-22(25)34)50-12-6-10-41-18(2)31(47)51-32(48)33(37,38)39/h4-5,7-9,11,13-16,18,41H,3,6,10,12,17H2,1-2H3,(H,40,42,43,44)/t18-/m0/s1. The molecule has 5 aromatic rings. The number of carbonyl (C=O) groups is 2. The largest absolute Gasteiger partial charge is 0.494 e. The van der Waals surface area contributed by atoms with Gasteiger partial charge in [0.25, 0.3) is 0 Å². The van der Waals surface area contributed by atoms with Crippen molar-refractivity contribution in [3.05, 3.63) is 83.3 Å². The average Bonchev–Trinajstić information content (AvgIpc) is 3.45. The van der Waals surface area contributed by atoms with E-state index in [4.69, 9.17) is 21.1 Å². The molecule has 0 saturated heterocycles. The number of fused-ring (bicyclic) bond motifs is 1. The van der Waals surface area contributed by atoms with E-state index in [1.807, 2.05) is 0 Å². The Morgan fingerprint density at radius 3 is 2.51 bits per heavy atom. The predicted molar refractivity (Wildman–Crippen MR) is 175 cm³/mol. The molecule has 51 heavy (non-hydrogen) atoms. The highest BCUT2D eigenvalue weighted by Gasteiger charge is 2.43. The summed E-state index contributed by atoms with van der Waals surface area (Å²) in [5.41, 5.74) is 1.08. The summed E-state index contributed by atoms with van der Waals surface area (Å²) >= 11 is 6.33. The first kappa shape index (κ1) is 36.9. The van der Waals surface area contributed by atoms with Gasteiger partial charge in [-0.1, -0.05) is 29.8 Å². The third-order valence-corrected chi connectivity index (χ3v) is 7.49. The van der Waals surface area contributed by atoms with Gasteiger partial charge in [-0.25, -0.2) is 28.3 Å². The van der Waals surface area contributed by atoms with Gasteiger partial charge in [0.1, 0.15) is 29.1 Å². The number of hydrogen-bond acceptors (Lipinski definition) is 11. The van der Waals surface area contributed by atoms with Gasteiger partial charge in [0, 0.05) is 35.5 Å². The number of alkyl halides is 3. The second kappa shape index (κ2) is 16.1. The minimum atomic E-state index is -5.30. The van der Waals surface area contributed by atoms with Crippen LogP contribution in [0.4, 0.5) is 33.5 Å². The molecule has 0 bridgehead atoms. The zero-order valence-corrected chi connectivity index (χ0v) is 27.7. The van der Waals surface area contributed by atoms with E-state index < -0.39 is 35.8 Å². The molecule has 0 aliphatic rings. The van der Waals surface area contributed by atoms with Crippen LogP contribution >= 0.6 is 11.6 Å². The Hall–Kier alpha value is -5.42. The third-order valence-electron chi connectivity index (χ3n) is 7.19. The summed E-state index contributed by atoms with van der Waals surface area (Å²) in [7, 11) is 0. The molecular weight excluding hydrogens is 705 g/mol. The van der Waals surface area contributed by atoms with Crippen LogP contribution in [0.3, 0.4) is 0 Å². The van der Waals surface area contributed by atoms with Crippen LogP contribution in [0, 0.1) is 11.6 Å². The first-order valence-corrected chi connectivity index (χ1v) is 15.7. The van der Waals surface area contributed by atoms with Crippen molar-refractivity contribution in [3.63, 3.8) is 0 Å². The molecule has 3 heterocycles. The maximum Gasteiger partial charge on any atom is 0.491 e. The van der Waals surface area contributed by atoms with Crippen molar-refractivity contribution in [1.82, 2.24) is 30.0 Å². The molecule has 18 heteroatoms. The summed E-state index contributed by atoms with van der Waals surface area (Å²) in [6, 6.07) is 9.66. The number of aromatic nitrogens is 5. The van der Waals surface area contributed by atoms with Crippen LogP contribution in [-0.4, -0.2) is 68.6 Å². The monoisotopic (exact) mass is 733 g/mol. The van der Waals surface area contributed by atoms with E-state index in [0.29, 0.717) is 22.3 Å². The predicted octanol–water partition coefficient (Wildman–Crippen LogP) is 6.39. The molecule has 1 atom stereocenters. The minimum Gasteiger partial charge on any atom is -0.494 e. The lowest BCUT2D eigenvalue weighted by Crippen LogP contribution is -2.39. The van der Waals surface area contributed by atoms with E-state index in [2.05, 4.69) is 35.4 Å². The zero-order valence-electron chi connectivity index (χ0n) is 26.9. The highest BCUT2D eigenvalue weighted by molar-refractivity contribution is 6.33. The van der Waals surface area contributed by atoms with Crippen molar-refractivity contribution in [2.45, 2.75) is 39.0 Å². The third kappa shape index (κ3) is 9.04. The van der Waals surface area contributed by atoms with Crippen molar-refractivity contribution in [2.75, 3.05) is 25.1 Å². The van der Waals surface area contributed by atoms with Gasteiger partial charge in [0.2, 0.25) is 0 Å². The van der Waals surface area contributed by atoms with Gasteiger partial charge < -0.3 is 24.8 Å². The Balaban J connectivity index is 1.37. The molecule has 268 valence electrons. The molecule has 3 aromatic heterocycles. The van der Waals surface area contributed by atoms with Gasteiger partial charge >= 0.3 is 18.1 Å². The number of hydrogen-bond donors (Lipinski definition) is 2. The van der Waals surface area contributed by atoms with Gasteiger partial charge in [0.05, 0.1) is 42.2 Å². The molecule has 2 N–H and O–H groups in total. The quantitative estimate of drug-likeness (QED) is 0.0568. The number of anilines is 2. The number of ether oxygens (including phenoxy) is 3. The summed E-state index contributed by atoms with van der Waals surface area (Å²) in [4.78, 5) is 35.8. The number of pyridine rings is 1. The Morgan fingerprint density at radius 2 is 1.80 bits per heavy atom. The molecule has 0 unspecified atom stereocenters. The topological polar surface area (TPSA) is 142 Å². The summed E-state index contributed by atoms with van der Waals surface area (Å²) in [5.74, 6) is -5.01. The molecule has 5 rings (SSSR count). The molecule has 0 saturated carbocycles. The summed E-state index contributed by atoms with van der Waals surface area (Å²) < 4.78 is 83.6. The lowest BCUT2D eigenvalue weighted by atomic mass is 10.1. The highest BCUT2D eigenvalue weighted by Crippen LogP contribution is 2.33. The summed E-state index contributed by atoms with van der Waals surface area (Å²) in [6.45, 7) is 3.09. The fourth-order valence-corrected chi connectivity index (χ4v) is 4.89. The van der Waals surface area contributed by atoms with Crippen LogP contribution in [0.15, 0.2) is 61.1 Å². The molecule has 0 fully saturated rings. The Kier molecular flexibility index (Phi) is 11.6.